The number of fused-ring (bicyclic) bond motifs is 1. The number of para-hydroxylation sites is 1. The lowest BCUT2D eigenvalue weighted by molar-refractivity contribution is -0.137. The first-order chi connectivity index (χ1) is 20.7. The Morgan fingerprint density at radius 1 is 1.05 bits per heavy atom. The van der Waals surface area contributed by atoms with Gasteiger partial charge in [-0.1, -0.05) is 18.2 Å². The van der Waals surface area contributed by atoms with Crippen molar-refractivity contribution in [1.82, 2.24) is 34.7 Å². The zero-order chi connectivity index (χ0) is 30.2. The topological polar surface area (TPSA) is 154 Å². The molecule has 0 bridgehead atoms. The van der Waals surface area contributed by atoms with Crippen LogP contribution in [0, 0.1) is 12.7 Å². The lowest BCUT2D eigenvalue weighted by atomic mass is 10.0. The fraction of sp³-hybridized carbons (Fsp3) is 0.207. The van der Waals surface area contributed by atoms with Crippen LogP contribution in [0.15, 0.2) is 67.0 Å². The predicted molar refractivity (Wildman–Crippen MR) is 151 cm³/mol. The molecule has 1 saturated heterocycles. The summed E-state index contributed by atoms with van der Waals surface area (Å²) in [7, 11) is 0. The number of anilines is 1. The minimum Gasteiger partial charge on any atom is -0.364 e. The molecule has 1 fully saturated rings. The fourth-order valence-electron chi connectivity index (χ4n) is 5.26. The second-order valence-corrected chi connectivity index (χ2v) is 10.2. The van der Waals surface area contributed by atoms with E-state index >= 15 is 0 Å². The molecule has 43 heavy (non-hydrogen) atoms. The molecule has 2 aromatic carbocycles. The first-order valence-corrected chi connectivity index (χ1v) is 13.3. The quantitative estimate of drug-likeness (QED) is 0.298. The SMILES string of the molecule is Cc1cc(NC(=O)[C@@H]2C[C@@H](F)CN2C(=O)Cn2nc(C(N)=O)c3cc(-c4ccnnc4)ccc32)n(-c2ccccc2F)n1. The van der Waals surface area contributed by atoms with E-state index in [9.17, 15) is 23.2 Å². The van der Waals surface area contributed by atoms with E-state index in [1.54, 1.807) is 49.5 Å². The Balaban J connectivity index is 1.26. The third kappa shape index (κ3) is 5.29. The number of aryl methyl sites for hydroxylation is 1. The van der Waals surface area contributed by atoms with Crippen LogP contribution in [-0.4, -0.2) is 71.1 Å². The number of nitrogens with two attached hydrogens (primary N) is 1. The first kappa shape index (κ1) is 27.6. The van der Waals surface area contributed by atoms with E-state index in [1.165, 1.54) is 33.8 Å². The molecule has 5 aromatic rings. The number of primary amides is 1. The van der Waals surface area contributed by atoms with Crippen molar-refractivity contribution in [3.8, 4) is 16.8 Å². The van der Waals surface area contributed by atoms with E-state index < -0.39 is 35.8 Å². The van der Waals surface area contributed by atoms with Gasteiger partial charge in [0.15, 0.2) is 5.69 Å². The molecule has 3 N–H and O–H groups in total. The molecule has 1 aliphatic rings. The number of amides is 3. The fourth-order valence-corrected chi connectivity index (χ4v) is 5.26. The van der Waals surface area contributed by atoms with E-state index in [0.717, 1.165) is 16.0 Å². The number of aromatic nitrogens is 6. The average Bonchev–Trinajstić information content (AvgIpc) is 3.68. The van der Waals surface area contributed by atoms with Crippen molar-refractivity contribution in [3.05, 3.63) is 84.2 Å². The van der Waals surface area contributed by atoms with Gasteiger partial charge < -0.3 is 16.0 Å². The lowest BCUT2D eigenvalue weighted by Gasteiger charge is -2.24. The van der Waals surface area contributed by atoms with Gasteiger partial charge in [-0.15, -0.1) is 0 Å². The van der Waals surface area contributed by atoms with Crippen molar-refractivity contribution >= 4 is 34.4 Å². The summed E-state index contributed by atoms with van der Waals surface area (Å²) in [4.78, 5) is 40.2. The van der Waals surface area contributed by atoms with Crippen LogP contribution in [0.3, 0.4) is 0 Å². The molecule has 1 aliphatic heterocycles. The maximum absolute atomic E-state index is 14.7. The van der Waals surface area contributed by atoms with Crippen LogP contribution in [0.2, 0.25) is 0 Å². The summed E-state index contributed by atoms with van der Waals surface area (Å²) in [5, 5.41) is 19.3. The van der Waals surface area contributed by atoms with Crippen molar-refractivity contribution in [2.45, 2.75) is 32.1 Å². The monoisotopic (exact) mass is 585 g/mol. The molecule has 12 nitrogen and oxygen atoms in total. The van der Waals surface area contributed by atoms with Gasteiger partial charge in [0.2, 0.25) is 11.8 Å². The number of likely N-dealkylation sites (tertiary alicyclic amines) is 1. The maximum Gasteiger partial charge on any atom is 0.269 e. The van der Waals surface area contributed by atoms with E-state index in [2.05, 4.69) is 25.7 Å². The molecule has 3 aromatic heterocycles. The minimum absolute atomic E-state index is 0.0393. The lowest BCUT2D eigenvalue weighted by Crippen LogP contribution is -2.44. The molecule has 218 valence electrons. The highest BCUT2D eigenvalue weighted by atomic mass is 19.1. The Bertz CT molecular complexity index is 1870. The van der Waals surface area contributed by atoms with Gasteiger partial charge in [0.1, 0.15) is 36.1 Å². The highest BCUT2D eigenvalue weighted by Crippen LogP contribution is 2.28. The number of carbonyl (C=O) groups excluding carboxylic acids is 3. The molecule has 14 heteroatoms. The smallest absolute Gasteiger partial charge is 0.269 e. The third-order valence-corrected chi connectivity index (χ3v) is 7.22. The number of nitrogens with zero attached hydrogens (tertiary/aromatic N) is 7. The Kier molecular flexibility index (Phi) is 7.09. The van der Waals surface area contributed by atoms with Crippen LogP contribution in [0.4, 0.5) is 14.6 Å². The van der Waals surface area contributed by atoms with Gasteiger partial charge in [-0.3, -0.25) is 19.1 Å². The largest absolute Gasteiger partial charge is 0.364 e. The Labute approximate surface area is 243 Å². The maximum atomic E-state index is 14.7. The van der Waals surface area contributed by atoms with E-state index in [-0.39, 0.29) is 36.7 Å². The van der Waals surface area contributed by atoms with Crippen molar-refractivity contribution in [2.24, 2.45) is 5.73 Å². The predicted octanol–water partition coefficient (Wildman–Crippen LogP) is 2.80. The molecular weight excluding hydrogens is 560 g/mol. The molecule has 3 amide bonds. The van der Waals surface area contributed by atoms with Crippen LogP contribution < -0.4 is 11.1 Å². The molecule has 0 aliphatic carbocycles. The van der Waals surface area contributed by atoms with Crippen molar-refractivity contribution in [3.63, 3.8) is 0 Å². The molecule has 6 rings (SSSR count). The highest BCUT2D eigenvalue weighted by Gasteiger charge is 2.40. The summed E-state index contributed by atoms with van der Waals surface area (Å²) in [5.41, 5.74) is 8.12. The van der Waals surface area contributed by atoms with Crippen LogP contribution in [0.5, 0.6) is 0 Å². The molecule has 2 atom stereocenters. The number of hydrogen-bond donors (Lipinski definition) is 2. The molecule has 0 spiro atoms. The average molecular weight is 586 g/mol. The number of rotatable bonds is 7. The summed E-state index contributed by atoms with van der Waals surface area (Å²) in [5.74, 6) is -2.39. The number of benzene rings is 2. The normalized spacial score (nSPS) is 16.5. The Morgan fingerprint density at radius 2 is 1.86 bits per heavy atom. The zero-order valence-electron chi connectivity index (χ0n) is 22.8. The van der Waals surface area contributed by atoms with Crippen molar-refractivity contribution in [2.75, 3.05) is 11.9 Å². The molecule has 4 heterocycles. The van der Waals surface area contributed by atoms with Crippen LogP contribution in [0.1, 0.15) is 22.6 Å². The Hall–Kier alpha value is -5.53. The number of nitrogens with one attached hydrogen (secondary N) is 1. The second-order valence-electron chi connectivity index (χ2n) is 10.2. The summed E-state index contributed by atoms with van der Waals surface area (Å²) in [6.45, 7) is 1.01. The highest BCUT2D eigenvalue weighted by molar-refractivity contribution is 6.05. The molecule has 0 saturated carbocycles. The zero-order valence-corrected chi connectivity index (χ0v) is 22.8. The van der Waals surface area contributed by atoms with Gasteiger partial charge in [0.25, 0.3) is 5.91 Å². The van der Waals surface area contributed by atoms with Gasteiger partial charge in [-0.2, -0.15) is 20.4 Å². The van der Waals surface area contributed by atoms with Gasteiger partial charge in [-0.05, 0) is 42.8 Å². The number of halogens is 2. The summed E-state index contributed by atoms with van der Waals surface area (Å²) >= 11 is 0. The second kappa shape index (κ2) is 11.0. The van der Waals surface area contributed by atoms with Gasteiger partial charge in [0.05, 0.1) is 30.1 Å². The van der Waals surface area contributed by atoms with Crippen LogP contribution in [0.25, 0.3) is 27.7 Å². The minimum atomic E-state index is -1.44. The number of carbonyl (C=O) groups is 3. The standard InChI is InChI=1S/C29H25F2N9O3/c1-16-10-25(40(36-16)23-5-3-2-4-21(23)31)35-29(43)24-12-19(30)14-38(24)26(41)15-39-22-7-6-17(18-8-9-33-34-13-18)11-20(22)27(37-39)28(32)42/h2-11,13,19,24H,12,14-15H2,1H3,(H2,32,42)(H,35,43)/t19-,24+/m1/s1. The molecule has 0 radical (unpaired) electrons. The molecular formula is C29H25F2N9O3. The number of hydrogen-bond acceptors (Lipinski definition) is 7. The number of alkyl halides is 1. The summed E-state index contributed by atoms with van der Waals surface area (Å²) in [6, 6.07) is 13.3. The van der Waals surface area contributed by atoms with E-state index in [1.807, 2.05) is 0 Å². The third-order valence-electron chi connectivity index (χ3n) is 7.22. The van der Waals surface area contributed by atoms with Gasteiger partial charge in [0, 0.05) is 23.4 Å². The van der Waals surface area contributed by atoms with Crippen molar-refractivity contribution in [1.29, 1.82) is 0 Å². The van der Waals surface area contributed by atoms with Crippen molar-refractivity contribution < 1.29 is 23.2 Å². The first-order valence-electron chi connectivity index (χ1n) is 13.3. The van der Waals surface area contributed by atoms with Crippen LogP contribution in [-0.2, 0) is 16.1 Å². The van der Waals surface area contributed by atoms with E-state index in [4.69, 9.17) is 5.73 Å². The van der Waals surface area contributed by atoms with Crippen LogP contribution >= 0.6 is 0 Å². The van der Waals surface area contributed by atoms with Gasteiger partial charge in [-0.25, -0.2) is 13.5 Å². The van der Waals surface area contributed by atoms with Gasteiger partial charge >= 0.3 is 0 Å². The Morgan fingerprint density at radius 3 is 2.60 bits per heavy atom. The summed E-state index contributed by atoms with van der Waals surface area (Å²) < 4.78 is 31.7. The van der Waals surface area contributed by atoms with E-state index in [0.29, 0.717) is 16.6 Å². The molecule has 0 unspecified atom stereocenters. The summed E-state index contributed by atoms with van der Waals surface area (Å²) in [6.07, 6.45) is 1.44.